The van der Waals surface area contributed by atoms with Gasteiger partial charge >= 0.3 is 0 Å². The van der Waals surface area contributed by atoms with Crippen LogP contribution in [0.1, 0.15) is 83.0 Å². The van der Waals surface area contributed by atoms with E-state index in [2.05, 4.69) is 10.6 Å². The second-order valence-electron chi connectivity index (χ2n) is 14.1. The van der Waals surface area contributed by atoms with Gasteiger partial charge in [0.25, 0.3) is 35.4 Å². The molecule has 0 aliphatic carbocycles. The Morgan fingerprint density at radius 1 is 0.587 bits per heavy atom. The Labute approximate surface area is 383 Å². The van der Waals surface area contributed by atoms with E-state index < -0.39 is 29.5 Å². The largest absolute Gasteiger partial charge is 0.387 e. The maximum Gasteiger partial charge on any atom is 0.265 e. The number of amides is 6. The van der Waals surface area contributed by atoms with E-state index >= 15 is 0 Å². The molecule has 13 nitrogen and oxygen atoms in total. The Morgan fingerprint density at radius 3 is 1.35 bits per heavy atom. The minimum atomic E-state index is -0.465. The van der Waals surface area contributed by atoms with Crippen LogP contribution in [0.3, 0.4) is 0 Å². The molecule has 63 heavy (non-hydrogen) atoms. The van der Waals surface area contributed by atoms with Gasteiger partial charge in [0, 0.05) is 12.8 Å². The summed E-state index contributed by atoms with van der Waals surface area (Å²) in [5.74, 6) is -2.44. The van der Waals surface area contributed by atoms with Crippen LogP contribution >= 0.6 is 57.6 Å². The van der Waals surface area contributed by atoms with Gasteiger partial charge in [-0.05, 0) is 77.0 Å². The van der Waals surface area contributed by atoms with Crippen LogP contribution in [0.15, 0.2) is 109 Å². The molecule has 2 aliphatic heterocycles. The number of rotatable bonds is 12. The summed E-state index contributed by atoms with van der Waals surface area (Å²) in [4.78, 5) is 80.1. The molecule has 0 radical (unpaired) electrons. The smallest absolute Gasteiger partial charge is 0.265 e. The molecule has 2 aliphatic rings. The molecule has 318 valence electrons. The fraction of sp³-hybridized carbons (Fsp3) is 0.111. The topological polar surface area (TPSA) is 207 Å². The molecule has 0 saturated carbocycles. The van der Waals surface area contributed by atoms with Crippen molar-refractivity contribution in [3.8, 4) is 0 Å². The molecule has 0 spiro atoms. The van der Waals surface area contributed by atoms with Crippen LogP contribution in [0.4, 0.5) is 11.4 Å². The van der Waals surface area contributed by atoms with Gasteiger partial charge in [0.2, 0.25) is 0 Å². The van der Waals surface area contributed by atoms with Crippen LogP contribution < -0.4 is 16.4 Å². The first-order valence-electron chi connectivity index (χ1n) is 18.9. The van der Waals surface area contributed by atoms with Crippen LogP contribution in [-0.2, 0) is 25.9 Å². The Morgan fingerprint density at radius 2 is 0.984 bits per heavy atom. The monoisotopic (exact) mass is 935 g/mol. The first-order chi connectivity index (χ1) is 30.2. The Hall–Kier alpha value is -6.43. The molecular weight excluding hydrogens is 902 g/mol. The first-order valence-corrected chi connectivity index (χ1v) is 22.5. The van der Waals surface area contributed by atoms with Gasteiger partial charge in [-0.1, -0.05) is 83.9 Å². The number of thioether (sulfide) groups is 1. The number of nitrogens with one attached hydrogen (secondary N) is 4. The van der Waals surface area contributed by atoms with Crippen LogP contribution in [0.5, 0.6) is 0 Å². The first kappa shape index (κ1) is 44.6. The van der Waals surface area contributed by atoms with Gasteiger partial charge in [0.1, 0.15) is 0 Å². The zero-order chi connectivity index (χ0) is 44.9. The molecule has 6 aromatic rings. The Bertz CT molecular complexity index is 2840. The summed E-state index contributed by atoms with van der Waals surface area (Å²) >= 11 is 15.5. The number of benzene rings is 4. The van der Waals surface area contributed by atoms with Gasteiger partial charge in [-0.25, -0.2) is 0 Å². The van der Waals surface area contributed by atoms with Gasteiger partial charge in [0.05, 0.1) is 76.0 Å². The summed E-state index contributed by atoms with van der Waals surface area (Å²) in [7, 11) is 0. The van der Waals surface area contributed by atoms with Crippen LogP contribution in [0.2, 0.25) is 8.67 Å². The van der Waals surface area contributed by atoms with E-state index in [4.69, 9.17) is 39.8 Å². The molecule has 0 fully saturated rings. The van der Waals surface area contributed by atoms with Crippen LogP contribution in [0, 0.1) is 10.8 Å². The highest BCUT2D eigenvalue weighted by atomic mass is 35.5. The van der Waals surface area contributed by atoms with Gasteiger partial charge in [-0.3, -0.25) is 49.4 Å². The number of carbonyl (C=O) groups is 6. The van der Waals surface area contributed by atoms with Crippen molar-refractivity contribution in [1.29, 1.82) is 10.8 Å². The molecule has 6 N–H and O–H groups in total. The Kier molecular flexibility index (Phi) is 13.7. The van der Waals surface area contributed by atoms with Gasteiger partial charge < -0.3 is 16.4 Å². The number of hydrogen-bond donors (Lipinski definition) is 5. The normalized spacial score (nSPS) is 12.7. The number of hydrogen-bond acceptors (Lipinski definition) is 11. The van der Waals surface area contributed by atoms with E-state index in [1.54, 1.807) is 72.8 Å². The van der Waals surface area contributed by atoms with E-state index in [1.807, 2.05) is 42.7 Å². The highest BCUT2D eigenvalue weighted by molar-refractivity contribution is 8.13. The minimum absolute atomic E-state index is 0.0625. The predicted octanol–water partition coefficient (Wildman–Crippen LogP) is 9.26. The molecule has 0 saturated heterocycles. The van der Waals surface area contributed by atoms with E-state index in [9.17, 15) is 28.8 Å². The third-order valence-corrected chi connectivity index (χ3v) is 12.9. The number of imide groups is 2. The fourth-order valence-corrected chi connectivity index (χ4v) is 8.96. The van der Waals surface area contributed by atoms with Crippen molar-refractivity contribution >= 4 is 115 Å². The number of nitrogens with zero attached hydrogens (tertiary/aromatic N) is 2. The van der Waals surface area contributed by atoms with Crippen molar-refractivity contribution in [3.63, 3.8) is 0 Å². The summed E-state index contributed by atoms with van der Waals surface area (Å²) in [6.07, 6.45) is 2.75. The highest BCUT2D eigenvalue weighted by Gasteiger charge is 2.39. The van der Waals surface area contributed by atoms with Gasteiger partial charge in [-0.2, -0.15) is 0 Å². The quantitative estimate of drug-likeness (QED) is 0.0453. The molecular formula is C45H35Cl2N7O6S3. The zero-order valence-corrected chi connectivity index (χ0v) is 37.1. The molecule has 2 aromatic heterocycles. The molecule has 8 rings (SSSR count). The van der Waals surface area contributed by atoms with Crippen molar-refractivity contribution in [2.24, 2.45) is 5.73 Å². The molecule has 18 heteroatoms. The average molecular weight is 937 g/mol. The second-order valence-corrected chi connectivity index (χ2v) is 18.4. The molecule has 4 aromatic carbocycles. The zero-order valence-electron chi connectivity index (χ0n) is 33.1. The number of carbonyl (C=O) groups excluding carboxylic acids is 6. The van der Waals surface area contributed by atoms with E-state index in [-0.39, 0.29) is 52.8 Å². The van der Waals surface area contributed by atoms with Crippen molar-refractivity contribution in [2.45, 2.75) is 25.9 Å². The Balaban J connectivity index is 0.000000189. The molecule has 6 amide bonds. The summed E-state index contributed by atoms with van der Waals surface area (Å²) in [5.41, 5.74) is 10.3. The van der Waals surface area contributed by atoms with Crippen LogP contribution in [-0.4, -0.2) is 62.4 Å². The van der Waals surface area contributed by atoms with E-state index in [1.165, 1.54) is 16.7 Å². The molecule has 4 heterocycles. The second kappa shape index (κ2) is 19.3. The number of halogens is 2. The van der Waals surface area contributed by atoms with Crippen molar-refractivity contribution < 1.29 is 28.8 Å². The maximum atomic E-state index is 13.1. The van der Waals surface area contributed by atoms with Crippen LogP contribution in [0.25, 0.3) is 0 Å². The number of thiophene rings is 2. The lowest BCUT2D eigenvalue weighted by Gasteiger charge is -2.14. The van der Waals surface area contributed by atoms with Crippen molar-refractivity contribution in [1.82, 2.24) is 9.80 Å². The van der Waals surface area contributed by atoms with Crippen molar-refractivity contribution in [3.05, 3.63) is 172 Å². The number of amidine groups is 1. The summed E-state index contributed by atoms with van der Waals surface area (Å²) in [6.45, 7) is 0.223. The van der Waals surface area contributed by atoms with Gasteiger partial charge in [0.15, 0.2) is 0 Å². The standard InChI is InChI=1S/C23H18ClN3O3S2.C22H17ClN4O3S/c1-31-19(25)11-13-5-7-14(8-6-13)12-27-22(29)15-3-2-4-16(20(15)23(27)30)26-21(28)17-9-10-18(24)32-17;23-17-9-8-16(31-17)20(28)26-15-3-1-2-14-19(15)22(30)27(21(14)29)11-13-6-4-12(5-7-13)10-18(24)25/h2-10,25H,11-12H2,1H3,(H,26,28);1-9H,10-11H2,(H3,24,25)(H,26,28). The highest BCUT2D eigenvalue weighted by Crippen LogP contribution is 2.33. The summed E-state index contributed by atoms with van der Waals surface area (Å²) < 4.78 is 0.970. The molecule has 0 unspecified atom stereocenters. The SMILES string of the molecule is CSC(=N)Cc1ccc(CN2C(=O)c3cccc(NC(=O)c4ccc(Cl)s4)c3C2=O)cc1.N=C(N)Cc1ccc(CN2C(=O)c3cccc(NC(=O)c4ccc(Cl)s4)c3C2=O)cc1. The lowest BCUT2D eigenvalue weighted by atomic mass is 10.1. The third kappa shape index (κ3) is 10.1. The average Bonchev–Trinajstić information content (AvgIpc) is 4.02. The number of fused-ring (bicyclic) bond motifs is 2. The molecule has 0 atom stereocenters. The summed E-state index contributed by atoms with van der Waals surface area (Å²) in [6, 6.07) is 30.8. The lowest BCUT2D eigenvalue weighted by molar-refractivity contribution is 0.0627. The number of nitrogens with two attached hydrogens (primary N) is 1. The van der Waals surface area contributed by atoms with E-state index in [0.717, 1.165) is 49.8 Å². The fourth-order valence-electron chi connectivity index (χ4n) is 6.77. The predicted molar refractivity (Wildman–Crippen MR) is 249 cm³/mol. The van der Waals surface area contributed by atoms with Gasteiger partial charge in [-0.15, -0.1) is 34.4 Å². The molecule has 0 bridgehead atoms. The summed E-state index contributed by atoms with van der Waals surface area (Å²) in [5, 5.41) is 21.2. The minimum Gasteiger partial charge on any atom is -0.387 e. The van der Waals surface area contributed by atoms with Crippen molar-refractivity contribution in [2.75, 3.05) is 16.9 Å². The third-order valence-electron chi connectivity index (χ3n) is 9.82. The lowest BCUT2D eigenvalue weighted by Crippen LogP contribution is -2.29. The van der Waals surface area contributed by atoms with E-state index in [0.29, 0.717) is 42.0 Å². The number of anilines is 2. The maximum absolute atomic E-state index is 13.1.